The van der Waals surface area contributed by atoms with Crippen molar-refractivity contribution in [3.8, 4) is 0 Å². The highest BCUT2D eigenvalue weighted by atomic mass is 16.6. The number of amides is 1. The summed E-state index contributed by atoms with van der Waals surface area (Å²) >= 11 is 0. The van der Waals surface area contributed by atoms with Gasteiger partial charge in [0.2, 0.25) is 0 Å². The fourth-order valence-electron chi connectivity index (χ4n) is 3.55. The number of carbonyl (C=O) groups is 1. The minimum atomic E-state index is -0.421. The van der Waals surface area contributed by atoms with E-state index in [1.807, 2.05) is 25.7 Å². The van der Waals surface area contributed by atoms with E-state index in [2.05, 4.69) is 24.2 Å². The quantitative estimate of drug-likeness (QED) is 0.866. The molecule has 2 heterocycles. The molecule has 5 heteroatoms. The normalized spacial score (nSPS) is 30.3. The first kappa shape index (κ1) is 18.5. The summed E-state index contributed by atoms with van der Waals surface area (Å²) in [6.07, 6.45) is 5.60. The number of nitrogens with zero attached hydrogens (tertiary/aromatic N) is 2. The number of likely N-dealkylation sites (tertiary alicyclic amines) is 2. The largest absolute Gasteiger partial charge is 0.444 e. The van der Waals surface area contributed by atoms with Crippen molar-refractivity contribution in [2.75, 3.05) is 26.7 Å². The van der Waals surface area contributed by atoms with Gasteiger partial charge in [-0.3, -0.25) is 0 Å². The first-order chi connectivity index (χ1) is 10.8. The van der Waals surface area contributed by atoms with Crippen LogP contribution in [-0.2, 0) is 4.74 Å². The molecule has 0 aromatic heterocycles. The van der Waals surface area contributed by atoms with Crippen molar-refractivity contribution in [3.63, 3.8) is 0 Å². The van der Waals surface area contributed by atoms with Crippen LogP contribution in [0.2, 0.25) is 0 Å². The van der Waals surface area contributed by atoms with Gasteiger partial charge in [0.15, 0.2) is 0 Å². The lowest BCUT2D eigenvalue weighted by molar-refractivity contribution is 0.00926. The molecular formula is C18H35N3O2. The zero-order valence-electron chi connectivity index (χ0n) is 15.6. The molecule has 2 fully saturated rings. The van der Waals surface area contributed by atoms with Crippen LogP contribution >= 0.6 is 0 Å². The highest BCUT2D eigenvalue weighted by Crippen LogP contribution is 2.21. The Labute approximate surface area is 141 Å². The second-order valence-electron chi connectivity index (χ2n) is 8.28. The minimum Gasteiger partial charge on any atom is -0.444 e. The number of carbonyl (C=O) groups excluding carboxylic acids is 1. The van der Waals surface area contributed by atoms with E-state index in [4.69, 9.17) is 4.74 Å². The molecule has 3 atom stereocenters. The molecule has 2 aliphatic rings. The standard InChI is InChI=1S/C18H35N3O2/c1-14-12-15(9-11-20(14)5)19-13-16-8-6-7-10-21(16)17(22)23-18(2,3)4/h14-16,19H,6-13H2,1-5H3. The van der Waals surface area contributed by atoms with Gasteiger partial charge in [0, 0.05) is 31.2 Å². The SMILES string of the molecule is CC1CC(NCC2CCCCN2C(=O)OC(C)(C)C)CCN1C. The number of rotatable bonds is 3. The van der Waals surface area contributed by atoms with Gasteiger partial charge in [-0.2, -0.15) is 0 Å². The second-order valence-corrected chi connectivity index (χ2v) is 8.28. The van der Waals surface area contributed by atoms with E-state index in [1.54, 1.807) is 0 Å². The van der Waals surface area contributed by atoms with Crippen molar-refractivity contribution in [3.05, 3.63) is 0 Å². The summed E-state index contributed by atoms with van der Waals surface area (Å²) in [6.45, 7) is 11.0. The maximum absolute atomic E-state index is 12.4. The van der Waals surface area contributed by atoms with Crippen molar-refractivity contribution in [1.29, 1.82) is 0 Å². The van der Waals surface area contributed by atoms with Gasteiger partial charge in [0.1, 0.15) is 5.60 Å². The van der Waals surface area contributed by atoms with Gasteiger partial charge in [-0.1, -0.05) is 0 Å². The lowest BCUT2D eigenvalue weighted by Gasteiger charge is -2.39. The van der Waals surface area contributed by atoms with Crippen molar-refractivity contribution in [2.45, 2.75) is 83.5 Å². The third kappa shape index (κ3) is 5.64. The molecule has 2 aliphatic heterocycles. The lowest BCUT2D eigenvalue weighted by atomic mass is 9.97. The van der Waals surface area contributed by atoms with Crippen LogP contribution < -0.4 is 5.32 Å². The predicted octanol–water partition coefficient (Wildman–Crippen LogP) is 2.85. The molecule has 1 N–H and O–H groups in total. The molecule has 0 radical (unpaired) electrons. The monoisotopic (exact) mass is 325 g/mol. The molecule has 23 heavy (non-hydrogen) atoms. The van der Waals surface area contributed by atoms with E-state index in [-0.39, 0.29) is 12.1 Å². The van der Waals surface area contributed by atoms with E-state index in [0.29, 0.717) is 12.1 Å². The smallest absolute Gasteiger partial charge is 0.410 e. The summed E-state index contributed by atoms with van der Waals surface area (Å²) in [5, 5.41) is 3.71. The lowest BCUT2D eigenvalue weighted by Crippen LogP contribution is -2.53. The fraction of sp³-hybridized carbons (Fsp3) is 0.944. The van der Waals surface area contributed by atoms with Crippen molar-refractivity contribution in [2.24, 2.45) is 0 Å². The van der Waals surface area contributed by atoms with E-state index < -0.39 is 5.60 Å². The first-order valence-corrected chi connectivity index (χ1v) is 9.19. The van der Waals surface area contributed by atoms with E-state index in [1.165, 1.54) is 19.3 Å². The first-order valence-electron chi connectivity index (χ1n) is 9.19. The molecule has 0 bridgehead atoms. The molecule has 0 aromatic carbocycles. The summed E-state index contributed by atoms with van der Waals surface area (Å²) in [5.74, 6) is 0. The number of ether oxygens (including phenoxy) is 1. The summed E-state index contributed by atoms with van der Waals surface area (Å²) in [7, 11) is 2.20. The Kier molecular flexibility index (Phi) is 6.32. The summed E-state index contributed by atoms with van der Waals surface area (Å²) in [4.78, 5) is 16.8. The van der Waals surface area contributed by atoms with E-state index >= 15 is 0 Å². The summed E-state index contributed by atoms with van der Waals surface area (Å²) in [5.41, 5.74) is -0.421. The van der Waals surface area contributed by atoms with E-state index in [0.717, 1.165) is 32.5 Å². The molecule has 3 unspecified atom stereocenters. The average molecular weight is 325 g/mol. The van der Waals surface area contributed by atoms with Crippen LogP contribution in [0.4, 0.5) is 4.79 Å². The molecule has 2 rings (SSSR count). The van der Waals surface area contributed by atoms with Gasteiger partial charge in [0.05, 0.1) is 0 Å². The van der Waals surface area contributed by atoms with Crippen LogP contribution in [0.1, 0.15) is 59.8 Å². The number of hydrogen-bond acceptors (Lipinski definition) is 4. The zero-order valence-corrected chi connectivity index (χ0v) is 15.6. The maximum atomic E-state index is 12.4. The molecule has 5 nitrogen and oxygen atoms in total. The van der Waals surface area contributed by atoms with Crippen molar-refractivity contribution >= 4 is 6.09 Å². The Morgan fingerprint density at radius 2 is 1.96 bits per heavy atom. The Morgan fingerprint density at radius 1 is 1.22 bits per heavy atom. The second kappa shape index (κ2) is 7.84. The minimum absolute atomic E-state index is 0.152. The Hall–Kier alpha value is -0.810. The summed E-state index contributed by atoms with van der Waals surface area (Å²) in [6, 6.07) is 1.48. The van der Waals surface area contributed by atoms with Crippen LogP contribution in [0, 0.1) is 0 Å². The fourth-order valence-corrected chi connectivity index (χ4v) is 3.55. The molecule has 2 saturated heterocycles. The zero-order chi connectivity index (χ0) is 17.0. The predicted molar refractivity (Wildman–Crippen MR) is 93.7 cm³/mol. The number of nitrogens with one attached hydrogen (secondary N) is 1. The maximum Gasteiger partial charge on any atom is 0.410 e. The van der Waals surface area contributed by atoms with E-state index in [9.17, 15) is 4.79 Å². The average Bonchev–Trinajstić information content (AvgIpc) is 2.47. The van der Waals surface area contributed by atoms with Crippen LogP contribution in [0.25, 0.3) is 0 Å². The van der Waals surface area contributed by atoms with Gasteiger partial charge < -0.3 is 19.9 Å². The van der Waals surface area contributed by atoms with Gasteiger partial charge >= 0.3 is 6.09 Å². The summed E-state index contributed by atoms with van der Waals surface area (Å²) < 4.78 is 5.58. The number of piperidine rings is 2. The molecular weight excluding hydrogens is 290 g/mol. The molecule has 0 spiro atoms. The third-order valence-electron chi connectivity index (χ3n) is 5.11. The topological polar surface area (TPSA) is 44.8 Å². The van der Waals surface area contributed by atoms with Crippen LogP contribution in [0.5, 0.6) is 0 Å². The van der Waals surface area contributed by atoms with Gasteiger partial charge in [-0.15, -0.1) is 0 Å². The Morgan fingerprint density at radius 3 is 2.61 bits per heavy atom. The highest BCUT2D eigenvalue weighted by molar-refractivity contribution is 5.68. The highest BCUT2D eigenvalue weighted by Gasteiger charge is 2.31. The molecule has 0 saturated carbocycles. The Bertz CT molecular complexity index is 394. The van der Waals surface area contributed by atoms with Crippen LogP contribution in [-0.4, -0.2) is 66.3 Å². The van der Waals surface area contributed by atoms with Gasteiger partial charge in [0.25, 0.3) is 0 Å². The van der Waals surface area contributed by atoms with Gasteiger partial charge in [-0.05, 0) is 73.4 Å². The van der Waals surface area contributed by atoms with Crippen LogP contribution in [0.15, 0.2) is 0 Å². The van der Waals surface area contributed by atoms with Crippen molar-refractivity contribution < 1.29 is 9.53 Å². The molecule has 134 valence electrons. The Balaban J connectivity index is 1.85. The number of hydrogen-bond donors (Lipinski definition) is 1. The molecule has 1 amide bonds. The third-order valence-corrected chi connectivity index (χ3v) is 5.11. The van der Waals surface area contributed by atoms with Crippen molar-refractivity contribution in [1.82, 2.24) is 15.1 Å². The molecule has 0 aliphatic carbocycles. The molecule has 0 aromatic rings. The van der Waals surface area contributed by atoms with Crippen LogP contribution in [0.3, 0.4) is 0 Å². The van der Waals surface area contributed by atoms with Gasteiger partial charge in [-0.25, -0.2) is 4.79 Å².